The SMILES string of the molecule is C[Si](C)(C)C/C(C=O)=C\C1=CCCCC1. The van der Waals surface area contributed by atoms with Crippen LogP contribution in [0.5, 0.6) is 0 Å². The van der Waals surface area contributed by atoms with Crippen LogP contribution in [0.15, 0.2) is 23.3 Å². The Morgan fingerprint density at radius 1 is 1.40 bits per heavy atom. The first-order chi connectivity index (χ1) is 7.01. The molecule has 0 bridgehead atoms. The summed E-state index contributed by atoms with van der Waals surface area (Å²) in [6, 6.07) is 1.01. The molecule has 0 aromatic carbocycles. The molecule has 0 spiro atoms. The lowest BCUT2D eigenvalue weighted by molar-refractivity contribution is -0.104. The van der Waals surface area contributed by atoms with E-state index in [0.717, 1.165) is 24.3 Å². The molecule has 2 heteroatoms. The van der Waals surface area contributed by atoms with Crippen LogP contribution in [0.2, 0.25) is 25.7 Å². The van der Waals surface area contributed by atoms with Crippen LogP contribution in [0.25, 0.3) is 0 Å². The van der Waals surface area contributed by atoms with Crippen LogP contribution in [-0.2, 0) is 4.79 Å². The van der Waals surface area contributed by atoms with Crippen molar-refractivity contribution in [2.24, 2.45) is 0 Å². The highest BCUT2D eigenvalue weighted by Crippen LogP contribution is 2.22. The number of carbonyl (C=O) groups excluding carboxylic acids is 1. The van der Waals surface area contributed by atoms with Gasteiger partial charge in [0.25, 0.3) is 0 Å². The van der Waals surface area contributed by atoms with Gasteiger partial charge in [0.2, 0.25) is 0 Å². The highest BCUT2D eigenvalue weighted by atomic mass is 28.3. The van der Waals surface area contributed by atoms with Gasteiger partial charge < -0.3 is 0 Å². The van der Waals surface area contributed by atoms with E-state index in [4.69, 9.17) is 0 Å². The molecule has 0 saturated heterocycles. The highest BCUT2D eigenvalue weighted by Gasteiger charge is 2.15. The van der Waals surface area contributed by atoms with Crippen molar-refractivity contribution in [1.29, 1.82) is 0 Å². The maximum Gasteiger partial charge on any atom is 0.145 e. The summed E-state index contributed by atoms with van der Waals surface area (Å²) in [4.78, 5) is 11.0. The molecule has 0 heterocycles. The van der Waals surface area contributed by atoms with Crippen molar-refractivity contribution in [2.45, 2.75) is 51.4 Å². The summed E-state index contributed by atoms with van der Waals surface area (Å²) < 4.78 is 0. The van der Waals surface area contributed by atoms with Crippen LogP contribution >= 0.6 is 0 Å². The van der Waals surface area contributed by atoms with Gasteiger partial charge in [0.15, 0.2) is 0 Å². The zero-order valence-electron chi connectivity index (χ0n) is 10.2. The zero-order valence-corrected chi connectivity index (χ0v) is 11.2. The van der Waals surface area contributed by atoms with Crippen LogP contribution in [0.4, 0.5) is 0 Å². The predicted molar refractivity (Wildman–Crippen MR) is 68.9 cm³/mol. The van der Waals surface area contributed by atoms with E-state index in [1.165, 1.54) is 24.8 Å². The third-order valence-electron chi connectivity index (χ3n) is 2.58. The van der Waals surface area contributed by atoms with Gasteiger partial charge in [-0.2, -0.15) is 0 Å². The first-order valence-electron chi connectivity index (χ1n) is 5.86. The van der Waals surface area contributed by atoms with Crippen molar-refractivity contribution in [3.8, 4) is 0 Å². The summed E-state index contributed by atoms with van der Waals surface area (Å²) in [6.45, 7) is 6.92. The lowest BCUT2D eigenvalue weighted by Crippen LogP contribution is -2.20. The van der Waals surface area contributed by atoms with E-state index in [-0.39, 0.29) is 0 Å². The van der Waals surface area contributed by atoms with E-state index in [2.05, 4.69) is 31.8 Å². The Kier molecular flexibility index (Phi) is 4.52. The van der Waals surface area contributed by atoms with Crippen molar-refractivity contribution < 1.29 is 4.79 Å². The maximum atomic E-state index is 11.0. The molecule has 15 heavy (non-hydrogen) atoms. The minimum Gasteiger partial charge on any atom is -0.298 e. The van der Waals surface area contributed by atoms with Gasteiger partial charge in [0.05, 0.1) is 0 Å². The number of allylic oxidation sites excluding steroid dienone is 4. The molecule has 0 saturated carbocycles. The van der Waals surface area contributed by atoms with Crippen molar-refractivity contribution in [2.75, 3.05) is 0 Å². The molecule has 0 fully saturated rings. The molecule has 0 radical (unpaired) electrons. The normalized spacial score (nSPS) is 18.6. The third-order valence-corrected chi connectivity index (χ3v) is 4.05. The molecule has 0 atom stereocenters. The van der Waals surface area contributed by atoms with E-state index < -0.39 is 8.07 Å². The number of aldehydes is 1. The summed E-state index contributed by atoms with van der Waals surface area (Å²) in [5.74, 6) is 0. The number of rotatable bonds is 4. The molecule has 0 N–H and O–H groups in total. The fraction of sp³-hybridized carbons (Fsp3) is 0.615. The van der Waals surface area contributed by atoms with Crippen molar-refractivity contribution >= 4 is 14.4 Å². The topological polar surface area (TPSA) is 17.1 Å². The van der Waals surface area contributed by atoms with Gasteiger partial charge in [-0.1, -0.05) is 37.4 Å². The summed E-state index contributed by atoms with van der Waals surface area (Å²) in [5, 5.41) is 0. The minimum atomic E-state index is -1.15. The molecule has 0 unspecified atom stereocenters. The van der Waals surface area contributed by atoms with Gasteiger partial charge in [-0.25, -0.2) is 0 Å². The Morgan fingerprint density at radius 2 is 2.13 bits per heavy atom. The second-order valence-electron chi connectivity index (χ2n) is 5.60. The monoisotopic (exact) mass is 222 g/mol. The van der Waals surface area contributed by atoms with Gasteiger partial charge in [0, 0.05) is 8.07 Å². The molecule has 1 rings (SSSR count). The molecule has 1 aliphatic rings. The highest BCUT2D eigenvalue weighted by molar-refractivity contribution is 6.76. The van der Waals surface area contributed by atoms with Gasteiger partial charge in [-0.15, -0.1) is 0 Å². The minimum absolute atomic E-state index is 1.00. The van der Waals surface area contributed by atoms with Crippen LogP contribution in [-0.4, -0.2) is 14.4 Å². The Balaban J connectivity index is 2.68. The molecular formula is C13H22OSi. The second-order valence-corrected chi connectivity index (χ2v) is 11.1. The number of hydrogen-bond acceptors (Lipinski definition) is 1. The van der Waals surface area contributed by atoms with Crippen LogP contribution in [0, 0.1) is 0 Å². The molecule has 84 valence electrons. The van der Waals surface area contributed by atoms with E-state index >= 15 is 0 Å². The maximum absolute atomic E-state index is 11.0. The molecule has 0 aromatic rings. The Bertz CT molecular complexity index is 281. The molecule has 1 aliphatic carbocycles. The molecule has 0 aromatic heterocycles. The van der Waals surface area contributed by atoms with Crippen LogP contribution in [0.3, 0.4) is 0 Å². The average Bonchev–Trinajstić information content (AvgIpc) is 2.16. The summed E-state index contributed by atoms with van der Waals surface area (Å²) >= 11 is 0. The first-order valence-corrected chi connectivity index (χ1v) is 9.57. The molecule has 1 nitrogen and oxygen atoms in total. The largest absolute Gasteiger partial charge is 0.298 e. The number of hydrogen-bond donors (Lipinski definition) is 0. The molecule has 0 amide bonds. The van der Waals surface area contributed by atoms with Gasteiger partial charge in [-0.05, 0) is 37.3 Å². The van der Waals surface area contributed by atoms with E-state index in [1.54, 1.807) is 0 Å². The van der Waals surface area contributed by atoms with E-state index in [9.17, 15) is 4.79 Å². The quantitative estimate of drug-likeness (QED) is 0.400. The second kappa shape index (κ2) is 5.45. The summed E-state index contributed by atoms with van der Waals surface area (Å²) in [5.41, 5.74) is 2.38. The Morgan fingerprint density at radius 3 is 2.60 bits per heavy atom. The fourth-order valence-electron chi connectivity index (χ4n) is 1.97. The lowest BCUT2D eigenvalue weighted by Gasteiger charge is -2.16. The van der Waals surface area contributed by atoms with E-state index in [1.807, 2.05) is 0 Å². The van der Waals surface area contributed by atoms with Crippen molar-refractivity contribution in [1.82, 2.24) is 0 Å². The molecular weight excluding hydrogens is 200 g/mol. The molecule has 0 aliphatic heterocycles. The van der Waals surface area contributed by atoms with Crippen LogP contribution < -0.4 is 0 Å². The van der Waals surface area contributed by atoms with Crippen molar-refractivity contribution in [3.63, 3.8) is 0 Å². The van der Waals surface area contributed by atoms with Gasteiger partial charge in [-0.3, -0.25) is 4.79 Å². The van der Waals surface area contributed by atoms with Gasteiger partial charge >= 0.3 is 0 Å². The zero-order chi connectivity index (χ0) is 11.3. The smallest absolute Gasteiger partial charge is 0.145 e. The summed E-state index contributed by atoms with van der Waals surface area (Å²) in [6.07, 6.45) is 10.4. The Labute approximate surface area is 94.3 Å². The summed E-state index contributed by atoms with van der Waals surface area (Å²) in [7, 11) is -1.15. The standard InChI is InChI=1S/C13H22OSi/c1-15(2,3)11-13(10-14)9-12-7-5-4-6-8-12/h7,9-10H,4-6,8,11H2,1-3H3/b13-9-. The lowest BCUT2D eigenvalue weighted by atomic mass is 9.98. The van der Waals surface area contributed by atoms with Crippen molar-refractivity contribution in [3.05, 3.63) is 23.3 Å². The average molecular weight is 222 g/mol. The van der Waals surface area contributed by atoms with E-state index in [0.29, 0.717) is 0 Å². The number of carbonyl (C=O) groups is 1. The van der Waals surface area contributed by atoms with Gasteiger partial charge in [0.1, 0.15) is 6.29 Å². The fourth-order valence-corrected chi connectivity index (χ4v) is 3.38. The van der Waals surface area contributed by atoms with Crippen LogP contribution in [0.1, 0.15) is 25.7 Å². The first kappa shape index (κ1) is 12.4. The Hall–Kier alpha value is -0.633. The predicted octanol–water partition coefficient (Wildman–Crippen LogP) is 3.95. The third kappa shape index (κ3) is 5.12.